The van der Waals surface area contributed by atoms with E-state index in [1.165, 1.54) is 6.92 Å². The molecule has 5 heteroatoms. The van der Waals surface area contributed by atoms with Gasteiger partial charge in [-0.2, -0.15) is 0 Å². The van der Waals surface area contributed by atoms with E-state index in [2.05, 4.69) is 10.1 Å². The first-order chi connectivity index (χ1) is 8.11. The van der Waals surface area contributed by atoms with Gasteiger partial charge >= 0.3 is 11.9 Å². The molecule has 0 atom stereocenters. The van der Waals surface area contributed by atoms with Gasteiger partial charge in [0.05, 0.1) is 6.42 Å². The van der Waals surface area contributed by atoms with Gasteiger partial charge in [0.15, 0.2) is 0 Å². The fraction of sp³-hybridized carbons (Fsp3) is 0.833. The molecule has 0 saturated heterocycles. The van der Waals surface area contributed by atoms with Crippen LogP contribution in [0.2, 0.25) is 0 Å². The summed E-state index contributed by atoms with van der Waals surface area (Å²) in [6.07, 6.45) is 4.07. The van der Waals surface area contributed by atoms with E-state index in [4.69, 9.17) is 4.74 Å². The molecule has 1 rings (SSSR count). The maximum Gasteiger partial charge on any atom is 0.309 e. The highest BCUT2D eigenvalue weighted by Crippen LogP contribution is 2.21. The lowest BCUT2D eigenvalue weighted by atomic mass is 9.93. The Labute approximate surface area is 102 Å². The molecule has 0 heterocycles. The molecule has 1 fully saturated rings. The van der Waals surface area contributed by atoms with Crippen molar-refractivity contribution in [3.63, 3.8) is 0 Å². The van der Waals surface area contributed by atoms with Crippen LogP contribution < -0.4 is 5.32 Å². The second-order valence-corrected chi connectivity index (χ2v) is 4.34. The zero-order valence-electron chi connectivity index (χ0n) is 10.5. The molecular weight excluding hydrogens is 222 g/mol. The molecule has 0 spiro atoms. The molecule has 1 N–H and O–H groups in total. The molecule has 5 nitrogen and oxygen atoms in total. The largest absolute Gasteiger partial charge is 0.465 e. The Balaban J connectivity index is 2.12. The van der Waals surface area contributed by atoms with Gasteiger partial charge in [0.25, 0.3) is 0 Å². The van der Waals surface area contributed by atoms with E-state index in [-0.39, 0.29) is 31.1 Å². The molecule has 1 saturated carbocycles. The zero-order chi connectivity index (χ0) is 12.7. The second kappa shape index (κ2) is 7.27. The molecule has 1 aliphatic carbocycles. The first kappa shape index (κ1) is 14.0. The molecule has 1 aliphatic rings. The molecule has 17 heavy (non-hydrogen) atoms. The minimum absolute atomic E-state index is 0.0319. The average Bonchev–Trinajstić information content (AvgIpc) is 2.29. The molecule has 0 aromatic carbocycles. The summed E-state index contributed by atoms with van der Waals surface area (Å²) in [7, 11) is 1.95. The fourth-order valence-electron chi connectivity index (χ4n) is 1.99. The molecule has 0 bridgehead atoms. The van der Waals surface area contributed by atoms with Crippen molar-refractivity contribution >= 4 is 11.9 Å². The van der Waals surface area contributed by atoms with Gasteiger partial charge in [-0.05, 0) is 32.7 Å². The van der Waals surface area contributed by atoms with Crippen molar-refractivity contribution in [2.24, 2.45) is 0 Å². The van der Waals surface area contributed by atoms with Gasteiger partial charge in [-0.15, -0.1) is 0 Å². The maximum absolute atomic E-state index is 11.4. The molecule has 0 unspecified atom stereocenters. The zero-order valence-corrected chi connectivity index (χ0v) is 10.5. The first-order valence-corrected chi connectivity index (χ1v) is 6.12. The van der Waals surface area contributed by atoms with Gasteiger partial charge in [0.1, 0.15) is 12.7 Å². The Morgan fingerprint density at radius 2 is 1.88 bits per heavy atom. The van der Waals surface area contributed by atoms with Crippen LogP contribution in [0.1, 0.15) is 39.0 Å². The minimum Gasteiger partial charge on any atom is -0.465 e. The number of ether oxygens (including phenoxy) is 2. The van der Waals surface area contributed by atoms with Gasteiger partial charge in [-0.1, -0.05) is 0 Å². The maximum atomic E-state index is 11.4. The van der Waals surface area contributed by atoms with Crippen molar-refractivity contribution in [1.29, 1.82) is 0 Å². The van der Waals surface area contributed by atoms with Gasteiger partial charge in [-0.3, -0.25) is 9.59 Å². The molecule has 0 aromatic heterocycles. The third-order valence-electron chi connectivity index (χ3n) is 2.99. The summed E-state index contributed by atoms with van der Waals surface area (Å²) < 4.78 is 9.99. The number of carbonyl (C=O) groups is 2. The molecular formula is C12H21NO4. The molecule has 0 amide bonds. The summed E-state index contributed by atoms with van der Waals surface area (Å²) in [6, 6.07) is 0.547. The van der Waals surface area contributed by atoms with Crippen LogP contribution in [0.5, 0.6) is 0 Å². The number of hydrogen-bond donors (Lipinski definition) is 1. The predicted molar refractivity (Wildman–Crippen MR) is 62.4 cm³/mol. The normalized spacial score (nSPS) is 24.1. The summed E-state index contributed by atoms with van der Waals surface area (Å²) in [4.78, 5) is 21.9. The molecule has 0 aliphatic heterocycles. The minimum atomic E-state index is -0.368. The number of carbonyl (C=O) groups excluding carboxylic acids is 2. The van der Waals surface area contributed by atoms with Crippen molar-refractivity contribution in [3.8, 4) is 0 Å². The summed E-state index contributed by atoms with van der Waals surface area (Å²) in [6.45, 7) is 1.43. The van der Waals surface area contributed by atoms with E-state index >= 15 is 0 Å². The van der Waals surface area contributed by atoms with E-state index in [0.29, 0.717) is 6.04 Å². The summed E-state index contributed by atoms with van der Waals surface area (Å²) in [5.41, 5.74) is 0. The lowest BCUT2D eigenvalue weighted by molar-refractivity contribution is -0.153. The lowest BCUT2D eigenvalue weighted by Crippen LogP contribution is -2.34. The summed E-state index contributed by atoms with van der Waals surface area (Å²) in [5.74, 6) is -0.647. The smallest absolute Gasteiger partial charge is 0.309 e. The van der Waals surface area contributed by atoms with Crippen molar-refractivity contribution in [2.45, 2.75) is 51.2 Å². The van der Waals surface area contributed by atoms with Crippen LogP contribution >= 0.6 is 0 Å². The van der Waals surface area contributed by atoms with Crippen LogP contribution in [0, 0.1) is 0 Å². The molecule has 0 radical (unpaired) electrons. The average molecular weight is 243 g/mol. The second-order valence-electron chi connectivity index (χ2n) is 4.34. The van der Waals surface area contributed by atoms with Gasteiger partial charge < -0.3 is 14.8 Å². The van der Waals surface area contributed by atoms with Crippen LogP contribution in [0.3, 0.4) is 0 Å². The fourth-order valence-corrected chi connectivity index (χ4v) is 1.99. The van der Waals surface area contributed by atoms with Crippen molar-refractivity contribution in [1.82, 2.24) is 5.32 Å². The standard InChI is InChI=1S/C12H21NO4/c1-9(14)16-8-7-12(15)17-11-5-3-10(13-2)4-6-11/h10-11,13H,3-8H2,1-2H3/t10-,11-. The van der Waals surface area contributed by atoms with E-state index in [1.54, 1.807) is 0 Å². The highest BCUT2D eigenvalue weighted by atomic mass is 16.6. The Morgan fingerprint density at radius 3 is 2.41 bits per heavy atom. The van der Waals surface area contributed by atoms with Crippen LogP contribution in [0.25, 0.3) is 0 Å². The molecule has 0 aromatic rings. The molecule has 98 valence electrons. The third-order valence-corrected chi connectivity index (χ3v) is 2.99. The first-order valence-electron chi connectivity index (χ1n) is 6.12. The Bertz CT molecular complexity index is 259. The van der Waals surface area contributed by atoms with Crippen LogP contribution in [0.15, 0.2) is 0 Å². The SMILES string of the molecule is CN[C@H]1CC[C@H](OC(=O)CCOC(C)=O)CC1. The van der Waals surface area contributed by atoms with E-state index in [9.17, 15) is 9.59 Å². The van der Waals surface area contributed by atoms with Crippen LogP contribution in [0.4, 0.5) is 0 Å². The Kier molecular flexibility index (Phi) is 5.97. The van der Waals surface area contributed by atoms with Crippen LogP contribution in [-0.2, 0) is 19.1 Å². The summed E-state index contributed by atoms with van der Waals surface area (Å²) >= 11 is 0. The summed E-state index contributed by atoms with van der Waals surface area (Å²) in [5, 5.41) is 3.23. The monoisotopic (exact) mass is 243 g/mol. The van der Waals surface area contributed by atoms with Gasteiger partial charge in [-0.25, -0.2) is 0 Å². The van der Waals surface area contributed by atoms with Crippen molar-refractivity contribution in [3.05, 3.63) is 0 Å². The van der Waals surface area contributed by atoms with Crippen LogP contribution in [-0.4, -0.2) is 37.7 Å². The number of esters is 2. The Hall–Kier alpha value is -1.10. The topological polar surface area (TPSA) is 64.6 Å². The van der Waals surface area contributed by atoms with Crippen molar-refractivity contribution < 1.29 is 19.1 Å². The van der Waals surface area contributed by atoms with Gasteiger partial charge in [0.2, 0.25) is 0 Å². The number of nitrogens with one attached hydrogen (secondary N) is 1. The predicted octanol–water partition coefficient (Wildman–Crippen LogP) is 1.01. The lowest BCUT2D eigenvalue weighted by Gasteiger charge is -2.27. The van der Waals surface area contributed by atoms with Crippen molar-refractivity contribution in [2.75, 3.05) is 13.7 Å². The highest BCUT2D eigenvalue weighted by Gasteiger charge is 2.22. The van der Waals surface area contributed by atoms with E-state index in [0.717, 1.165) is 25.7 Å². The van der Waals surface area contributed by atoms with E-state index in [1.807, 2.05) is 7.05 Å². The quantitative estimate of drug-likeness (QED) is 0.730. The number of rotatable bonds is 5. The third kappa shape index (κ3) is 5.68. The van der Waals surface area contributed by atoms with Gasteiger partial charge in [0, 0.05) is 13.0 Å². The number of hydrogen-bond acceptors (Lipinski definition) is 5. The Morgan fingerprint density at radius 1 is 1.24 bits per heavy atom. The highest BCUT2D eigenvalue weighted by molar-refractivity contribution is 5.70. The van der Waals surface area contributed by atoms with E-state index < -0.39 is 0 Å².